The second-order valence-corrected chi connectivity index (χ2v) is 8.42. The number of hydrogen-bond acceptors (Lipinski definition) is 5. The Morgan fingerprint density at radius 3 is 2.75 bits per heavy atom. The number of carbonyl (C=O) groups excluding carboxylic acids is 1. The molecule has 1 amide bonds. The van der Waals surface area contributed by atoms with E-state index in [1.54, 1.807) is 35.6 Å². The summed E-state index contributed by atoms with van der Waals surface area (Å²) in [5.74, 6) is 0.436. The number of anilines is 1. The third-order valence-corrected chi connectivity index (χ3v) is 6.26. The van der Waals surface area contributed by atoms with Crippen molar-refractivity contribution in [1.82, 2.24) is 4.98 Å². The minimum atomic E-state index is -0.150. The van der Waals surface area contributed by atoms with Crippen LogP contribution in [-0.4, -0.2) is 17.5 Å². The van der Waals surface area contributed by atoms with Crippen LogP contribution in [0.2, 0.25) is 0 Å². The Bertz CT molecular complexity index is 1370. The first kappa shape index (κ1) is 20.0. The maximum atomic E-state index is 13.4. The van der Waals surface area contributed by atoms with Crippen LogP contribution in [0.4, 0.5) is 5.69 Å². The number of aromatic nitrogens is 1. The van der Waals surface area contributed by atoms with E-state index >= 15 is 0 Å². The van der Waals surface area contributed by atoms with Crippen LogP contribution in [0.1, 0.15) is 32.9 Å². The van der Waals surface area contributed by atoms with Crippen molar-refractivity contribution >= 4 is 45.5 Å². The summed E-state index contributed by atoms with van der Waals surface area (Å²) in [5.41, 5.74) is 5.25. The number of para-hydroxylation sites is 1. The van der Waals surface area contributed by atoms with Crippen LogP contribution in [0.15, 0.2) is 66.0 Å². The molecule has 0 spiro atoms. The molecular formula is C26H19N3O2S. The summed E-state index contributed by atoms with van der Waals surface area (Å²) in [7, 11) is 0. The molecular weight excluding hydrogens is 418 g/mol. The minimum absolute atomic E-state index is 0.0117. The zero-order chi connectivity index (χ0) is 21.9. The molecule has 1 N–H and O–H groups in total. The molecule has 0 bridgehead atoms. The third kappa shape index (κ3) is 3.86. The van der Waals surface area contributed by atoms with E-state index in [0.717, 1.165) is 35.0 Å². The van der Waals surface area contributed by atoms with Crippen LogP contribution < -0.4 is 10.1 Å². The third-order valence-electron chi connectivity index (χ3n) is 5.44. The highest BCUT2D eigenvalue weighted by Gasteiger charge is 2.27. The molecule has 1 aliphatic rings. The molecule has 2 aromatic heterocycles. The van der Waals surface area contributed by atoms with Gasteiger partial charge < -0.3 is 10.1 Å². The second-order valence-electron chi connectivity index (χ2n) is 7.44. The highest BCUT2D eigenvalue weighted by atomic mass is 32.1. The highest BCUT2D eigenvalue weighted by molar-refractivity contribution is 7.10. The molecule has 0 radical (unpaired) electrons. The number of amides is 1. The molecule has 0 unspecified atom stereocenters. The number of pyridine rings is 1. The van der Waals surface area contributed by atoms with Crippen molar-refractivity contribution in [3.05, 3.63) is 87.7 Å². The fraction of sp³-hybridized carbons (Fsp3) is 0.115. The van der Waals surface area contributed by atoms with Gasteiger partial charge in [0.1, 0.15) is 11.8 Å². The molecule has 4 aromatic rings. The van der Waals surface area contributed by atoms with Crippen LogP contribution in [0.25, 0.3) is 22.6 Å². The number of nitriles is 1. The standard InChI is InChI=1S/C26H19N3O2S/c27-13-14-31-19-10-8-18(9-11-19)28-26(30)24-21-5-1-2-6-23(21)29-25-17(7-12-22(24)25)16-20-4-3-15-32-20/h1-6,8-11,15-16H,7,12,14H2,(H,28,30)/b17-16-. The van der Waals surface area contributed by atoms with E-state index < -0.39 is 0 Å². The van der Waals surface area contributed by atoms with Crippen molar-refractivity contribution in [1.29, 1.82) is 5.26 Å². The van der Waals surface area contributed by atoms with Gasteiger partial charge in [0.25, 0.3) is 5.91 Å². The predicted molar refractivity (Wildman–Crippen MR) is 128 cm³/mol. The lowest BCUT2D eigenvalue weighted by Gasteiger charge is -2.13. The average molecular weight is 438 g/mol. The van der Waals surface area contributed by atoms with E-state index in [4.69, 9.17) is 15.0 Å². The van der Waals surface area contributed by atoms with Gasteiger partial charge in [-0.3, -0.25) is 4.79 Å². The second kappa shape index (κ2) is 8.66. The normalized spacial score (nSPS) is 13.7. The summed E-state index contributed by atoms with van der Waals surface area (Å²) in [4.78, 5) is 19.5. The average Bonchev–Trinajstić information content (AvgIpc) is 3.47. The molecule has 0 saturated carbocycles. The maximum absolute atomic E-state index is 13.4. The van der Waals surface area contributed by atoms with Gasteiger partial charge >= 0.3 is 0 Å². The molecule has 2 heterocycles. The van der Waals surface area contributed by atoms with E-state index in [9.17, 15) is 4.79 Å². The number of rotatable bonds is 5. The molecule has 32 heavy (non-hydrogen) atoms. The summed E-state index contributed by atoms with van der Waals surface area (Å²) in [6, 6.07) is 20.9. The number of nitrogens with one attached hydrogen (secondary N) is 1. The Kier molecular flexibility index (Phi) is 5.40. The van der Waals surface area contributed by atoms with Crippen molar-refractivity contribution in [2.24, 2.45) is 0 Å². The van der Waals surface area contributed by atoms with Crippen molar-refractivity contribution in [3.8, 4) is 11.8 Å². The van der Waals surface area contributed by atoms with Gasteiger partial charge in [0.15, 0.2) is 6.61 Å². The van der Waals surface area contributed by atoms with Gasteiger partial charge in [0, 0.05) is 16.0 Å². The van der Waals surface area contributed by atoms with Crippen molar-refractivity contribution < 1.29 is 9.53 Å². The number of benzene rings is 2. The number of carbonyl (C=O) groups is 1. The van der Waals surface area contributed by atoms with Crippen LogP contribution in [0.5, 0.6) is 5.75 Å². The van der Waals surface area contributed by atoms with Gasteiger partial charge in [0.05, 0.1) is 16.8 Å². The molecule has 5 nitrogen and oxygen atoms in total. The van der Waals surface area contributed by atoms with E-state index in [0.29, 0.717) is 17.0 Å². The quantitative estimate of drug-likeness (QED) is 0.419. The molecule has 0 fully saturated rings. The molecule has 0 saturated heterocycles. The van der Waals surface area contributed by atoms with Crippen LogP contribution in [0.3, 0.4) is 0 Å². The van der Waals surface area contributed by atoms with E-state index in [1.807, 2.05) is 36.4 Å². The topological polar surface area (TPSA) is 75.0 Å². The van der Waals surface area contributed by atoms with Crippen LogP contribution in [-0.2, 0) is 6.42 Å². The Morgan fingerprint density at radius 2 is 1.97 bits per heavy atom. The minimum Gasteiger partial charge on any atom is -0.479 e. The summed E-state index contributed by atoms with van der Waals surface area (Å²) in [5, 5.41) is 14.6. The monoisotopic (exact) mass is 437 g/mol. The Hall–Kier alpha value is -3.95. The largest absolute Gasteiger partial charge is 0.479 e. The Morgan fingerprint density at radius 1 is 1.12 bits per heavy atom. The molecule has 0 aliphatic heterocycles. The summed E-state index contributed by atoms with van der Waals surface area (Å²) >= 11 is 1.69. The molecule has 0 atom stereocenters. The number of thiophene rings is 1. The maximum Gasteiger partial charge on any atom is 0.256 e. The molecule has 6 heteroatoms. The van der Waals surface area contributed by atoms with Crippen molar-refractivity contribution in [2.45, 2.75) is 12.8 Å². The van der Waals surface area contributed by atoms with Gasteiger partial charge in [-0.05, 0) is 71.8 Å². The lowest BCUT2D eigenvalue weighted by Crippen LogP contribution is -2.15. The number of hydrogen-bond donors (Lipinski definition) is 1. The van der Waals surface area contributed by atoms with E-state index in [2.05, 4.69) is 22.8 Å². The number of fused-ring (bicyclic) bond motifs is 2. The molecule has 156 valence electrons. The zero-order valence-corrected chi connectivity index (χ0v) is 18.0. The van der Waals surface area contributed by atoms with Gasteiger partial charge in [-0.2, -0.15) is 5.26 Å². The van der Waals surface area contributed by atoms with Gasteiger partial charge in [-0.15, -0.1) is 11.3 Å². The zero-order valence-electron chi connectivity index (χ0n) is 17.2. The highest BCUT2D eigenvalue weighted by Crippen LogP contribution is 2.38. The first-order valence-electron chi connectivity index (χ1n) is 10.3. The van der Waals surface area contributed by atoms with Crippen LogP contribution in [0, 0.1) is 11.3 Å². The molecule has 1 aliphatic carbocycles. The van der Waals surface area contributed by atoms with Crippen molar-refractivity contribution in [3.63, 3.8) is 0 Å². The Balaban J connectivity index is 1.52. The Labute approximate surface area is 189 Å². The van der Waals surface area contributed by atoms with E-state index in [1.165, 1.54) is 10.5 Å². The first-order valence-corrected chi connectivity index (χ1v) is 11.2. The molecule has 5 rings (SSSR count). The smallest absolute Gasteiger partial charge is 0.256 e. The SMILES string of the molecule is N#CCOc1ccc(NC(=O)c2c3c(nc4ccccc24)/C(=C\c2cccs2)CC3)cc1. The summed E-state index contributed by atoms with van der Waals surface area (Å²) in [6.07, 6.45) is 3.83. The van der Waals surface area contributed by atoms with E-state index in [-0.39, 0.29) is 12.5 Å². The molecule has 2 aromatic carbocycles. The fourth-order valence-corrected chi connectivity index (χ4v) is 4.71. The first-order chi connectivity index (χ1) is 15.7. The number of ether oxygens (including phenoxy) is 1. The van der Waals surface area contributed by atoms with Gasteiger partial charge in [0.2, 0.25) is 0 Å². The summed E-state index contributed by atoms with van der Waals surface area (Å²) < 4.78 is 5.29. The lowest BCUT2D eigenvalue weighted by molar-refractivity contribution is 0.102. The summed E-state index contributed by atoms with van der Waals surface area (Å²) in [6.45, 7) is -0.0117. The number of nitrogens with zero attached hydrogens (tertiary/aromatic N) is 2. The predicted octanol–water partition coefficient (Wildman–Crippen LogP) is 5.94. The lowest BCUT2D eigenvalue weighted by atomic mass is 10.00. The number of allylic oxidation sites excluding steroid dienone is 1. The van der Waals surface area contributed by atoms with Crippen LogP contribution >= 0.6 is 11.3 Å². The fourth-order valence-electron chi connectivity index (χ4n) is 4.03. The van der Waals surface area contributed by atoms with Gasteiger partial charge in [-0.1, -0.05) is 24.3 Å². The van der Waals surface area contributed by atoms with Crippen molar-refractivity contribution in [2.75, 3.05) is 11.9 Å². The van der Waals surface area contributed by atoms with Gasteiger partial charge in [-0.25, -0.2) is 4.98 Å².